The van der Waals surface area contributed by atoms with Crippen molar-refractivity contribution in [3.8, 4) is 0 Å². The van der Waals surface area contributed by atoms with E-state index in [1.54, 1.807) is 12.1 Å². The van der Waals surface area contributed by atoms with Gasteiger partial charge >= 0.3 is 0 Å². The fraction of sp³-hybridized carbons (Fsp3) is 0.588. The highest BCUT2D eigenvalue weighted by Crippen LogP contribution is 2.14. The molecule has 0 aliphatic carbocycles. The van der Waals surface area contributed by atoms with Crippen LogP contribution in [-0.2, 0) is 6.42 Å². The Balaban J connectivity index is 0.00000288. The summed E-state index contributed by atoms with van der Waals surface area (Å²) in [6.07, 6.45) is 7.89. The lowest BCUT2D eigenvalue weighted by atomic mass is 10.1. The Hall–Kier alpha value is -1.38. The number of aliphatic imine (C=N–C) groups is 1. The number of halogens is 1. The zero-order valence-electron chi connectivity index (χ0n) is 14.0. The second kappa shape index (κ2) is 11.2. The van der Waals surface area contributed by atoms with E-state index in [0.29, 0.717) is 5.96 Å². The fourth-order valence-corrected chi connectivity index (χ4v) is 2.82. The van der Waals surface area contributed by atoms with Crippen LogP contribution in [0.25, 0.3) is 0 Å². The number of nitro groups is 1. The van der Waals surface area contributed by atoms with Gasteiger partial charge in [0, 0.05) is 31.8 Å². The van der Waals surface area contributed by atoms with Gasteiger partial charge in [0.15, 0.2) is 5.96 Å². The summed E-state index contributed by atoms with van der Waals surface area (Å²) in [4.78, 5) is 16.9. The highest BCUT2D eigenvalue weighted by molar-refractivity contribution is 14.0. The van der Waals surface area contributed by atoms with Crippen LogP contribution in [0.1, 0.15) is 44.1 Å². The lowest BCUT2D eigenvalue weighted by Gasteiger charge is -2.21. The summed E-state index contributed by atoms with van der Waals surface area (Å²) in [7, 11) is 0. The summed E-state index contributed by atoms with van der Waals surface area (Å²) >= 11 is 0. The van der Waals surface area contributed by atoms with Crippen molar-refractivity contribution in [3.05, 3.63) is 39.9 Å². The van der Waals surface area contributed by atoms with Gasteiger partial charge in [-0.1, -0.05) is 25.0 Å². The Bertz CT molecular complexity index is 526. The number of hydrogen-bond donors (Lipinski definition) is 1. The number of likely N-dealkylation sites (tertiary alicyclic amines) is 1. The number of rotatable bonds is 6. The van der Waals surface area contributed by atoms with Crippen molar-refractivity contribution in [2.45, 2.75) is 44.9 Å². The Labute approximate surface area is 160 Å². The van der Waals surface area contributed by atoms with E-state index in [2.05, 4.69) is 9.89 Å². The lowest BCUT2D eigenvalue weighted by Crippen LogP contribution is -2.38. The topological polar surface area (TPSA) is 84.8 Å². The number of hydrogen-bond acceptors (Lipinski definition) is 3. The number of non-ortho nitro benzene ring substituents is 1. The van der Waals surface area contributed by atoms with Gasteiger partial charge in [-0.15, -0.1) is 24.0 Å². The van der Waals surface area contributed by atoms with Crippen molar-refractivity contribution in [1.29, 1.82) is 0 Å². The molecule has 1 aromatic carbocycles. The maximum atomic E-state index is 10.6. The maximum Gasteiger partial charge on any atom is 0.269 e. The summed E-state index contributed by atoms with van der Waals surface area (Å²) < 4.78 is 0. The largest absolute Gasteiger partial charge is 0.370 e. The molecular formula is C17H27IN4O2. The third-order valence-electron chi connectivity index (χ3n) is 4.22. The molecule has 0 unspecified atom stereocenters. The van der Waals surface area contributed by atoms with Gasteiger partial charge in [0.25, 0.3) is 5.69 Å². The zero-order chi connectivity index (χ0) is 16.5. The predicted molar refractivity (Wildman–Crippen MR) is 108 cm³/mol. The Morgan fingerprint density at radius 3 is 2.33 bits per heavy atom. The first-order valence-electron chi connectivity index (χ1n) is 8.45. The first kappa shape index (κ1) is 20.7. The summed E-state index contributed by atoms with van der Waals surface area (Å²) in [6, 6.07) is 6.77. The zero-order valence-corrected chi connectivity index (χ0v) is 16.4. The fourth-order valence-electron chi connectivity index (χ4n) is 2.82. The SMILES string of the molecule is I.NC(=NCCCCc1ccc([N+](=O)[O-])cc1)N1CCCCCC1. The second-order valence-corrected chi connectivity index (χ2v) is 6.02. The molecule has 1 aliphatic heterocycles. The van der Waals surface area contributed by atoms with Crippen LogP contribution in [0.3, 0.4) is 0 Å². The van der Waals surface area contributed by atoms with Gasteiger partial charge in [-0.3, -0.25) is 15.1 Å². The van der Waals surface area contributed by atoms with Gasteiger partial charge in [0.1, 0.15) is 0 Å². The van der Waals surface area contributed by atoms with Crippen LogP contribution in [0.15, 0.2) is 29.3 Å². The quantitative estimate of drug-likeness (QED) is 0.180. The molecule has 1 aromatic rings. The summed E-state index contributed by atoms with van der Waals surface area (Å²) in [5.41, 5.74) is 7.34. The Morgan fingerprint density at radius 1 is 1.12 bits per heavy atom. The molecule has 134 valence electrons. The average Bonchev–Trinajstić information content (AvgIpc) is 2.84. The molecule has 2 rings (SSSR count). The van der Waals surface area contributed by atoms with Crippen molar-refractivity contribution >= 4 is 35.6 Å². The molecule has 24 heavy (non-hydrogen) atoms. The molecule has 0 radical (unpaired) electrons. The first-order valence-corrected chi connectivity index (χ1v) is 8.45. The van der Waals surface area contributed by atoms with Gasteiger partial charge in [0.05, 0.1) is 4.92 Å². The Morgan fingerprint density at radius 2 is 1.75 bits per heavy atom. The molecule has 0 spiro atoms. The number of nitrogens with zero attached hydrogens (tertiary/aromatic N) is 3. The Kier molecular flexibility index (Phi) is 9.66. The van der Waals surface area contributed by atoms with E-state index in [1.807, 2.05) is 12.1 Å². The monoisotopic (exact) mass is 446 g/mol. The molecule has 2 N–H and O–H groups in total. The molecule has 1 aliphatic rings. The van der Waals surface area contributed by atoms with Crippen molar-refractivity contribution in [2.24, 2.45) is 10.7 Å². The third-order valence-corrected chi connectivity index (χ3v) is 4.22. The van der Waals surface area contributed by atoms with E-state index in [-0.39, 0.29) is 34.6 Å². The minimum Gasteiger partial charge on any atom is -0.370 e. The van der Waals surface area contributed by atoms with E-state index in [4.69, 9.17) is 5.73 Å². The van der Waals surface area contributed by atoms with Crippen molar-refractivity contribution in [3.63, 3.8) is 0 Å². The number of unbranched alkanes of at least 4 members (excludes halogenated alkanes) is 1. The highest BCUT2D eigenvalue weighted by Gasteiger charge is 2.10. The minimum absolute atomic E-state index is 0. The van der Waals surface area contributed by atoms with Gasteiger partial charge < -0.3 is 10.6 Å². The number of nitro benzene ring substituents is 1. The molecule has 1 heterocycles. The van der Waals surface area contributed by atoms with Crippen LogP contribution < -0.4 is 5.73 Å². The number of guanidine groups is 1. The van der Waals surface area contributed by atoms with Crippen LogP contribution in [0.4, 0.5) is 5.69 Å². The number of aryl methyl sites for hydroxylation is 1. The van der Waals surface area contributed by atoms with Gasteiger partial charge in [0.2, 0.25) is 0 Å². The van der Waals surface area contributed by atoms with Gasteiger partial charge in [-0.05, 0) is 37.7 Å². The smallest absolute Gasteiger partial charge is 0.269 e. The average molecular weight is 446 g/mol. The number of nitrogens with two attached hydrogens (primary N) is 1. The predicted octanol–water partition coefficient (Wildman–Crippen LogP) is 3.73. The molecule has 0 aromatic heterocycles. The molecular weight excluding hydrogens is 419 g/mol. The molecule has 0 atom stereocenters. The first-order chi connectivity index (χ1) is 11.2. The molecule has 1 fully saturated rings. The van der Waals surface area contributed by atoms with Gasteiger partial charge in [-0.25, -0.2) is 0 Å². The van der Waals surface area contributed by atoms with E-state index in [9.17, 15) is 10.1 Å². The third kappa shape index (κ3) is 7.02. The summed E-state index contributed by atoms with van der Waals surface area (Å²) in [5.74, 6) is 0.683. The second-order valence-electron chi connectivity index (χ2n) is 6.02. The van der Waals surface area contributed by atoms with Crippen LogP contribution in [0.2, 0.25) is 0 Å². The minimum atomic E-state index is -0.371. The van der Waals surface area contributed by atoms with Crippen LogP contribution in [-0.4, -0.2) is 35.4 Å². The lowest BCUT2D eigenvalue weighted by molar-refractivity contribution is -0.384. The van der Waals surface area contributed by atoms with Crippen molar-refractivity contribution < 1.29 is 4.92 Å². The summed E-state index contributed by atoms with van der Waals surface area (Å²) in [5, 5.41) is 10.6. The molecule has 1 saturated heterocycles. The maximum absolute atomic E-state index is 10.6. The number of benzene rings is 1. The molecule has 0 amide bonds. The highest BCUT2D eigenvalue weighted by atomic mass is 127. The normalized spacial score (nSPS) is 15.5. The van der Waals surface area contributed by atoms with Crippen LogP contribution in [0.5, 0.6) is 0 Å². The van der Waals surface area contributed by atoms with Crippen molar-refractivity contribution in [2.75, 3.05) is 19.6 Å². The van der Waals surface area contributed by atoms with Crippen molar-refractivity contribution in [1.82, 2.24) is 4.90 Å². The van der Waals surface area contributed by atoms with E-state index in [1.165, 1.54) is 25.7 Å². The van der Waals surface area contributed by atoms with Crippen LogP contribution >= 0.6 is 24.0 Å². The standard InChI is InChI=1S/C17H26N4O2.HI/c18-17(20-13-5-1-2-6-14-20)19-12-4-3-7-15-8-10-16(11-9-15)21(22)23;/h8-11H,1-7,12-14H2,(H2,18,19);1H. The van der Waals surface area contributed by atoms with E-state index in [0.717, 1.165) is 44.5 Å². The molecule has 0 bridgehead atoms. The van der Waals surface area contributed by atoms with E-state index >= 15 is 0 Å². The summed E-state index contributed by atoms with van der Waals surface area (Å²) in [6.45, 7) is 2.80. The molecule has 6 nitrogen and oxygen atoms in total. The van der Waals surface area contributed by atoms with E-state index < -0.39 is 0 Å². The van der Waals surface area contributed by atoms with Crippen LogP contribution in [0, 0.1) is 10.1 Å². The van der Waals surface area contributed by atoms with Gasteiger partial charge in [-0.2, -0.15) is 0 Å². The molecule has 7 heteroatoms. The molecule has 0 saturated carbocycles.